The van der Waals surface area contributed by atoms with Crippen LogP contribution < -0.4 is 5.32 Å². The molecule has 1 atom stereocenters. The Balaban J connectivity index is 1.70. The molecule has 0 saturated carbocycles. The highest BCUT2D eigenvalue weighted by Crippen LogP contribution is 2.44. The van der Waals surface area contributed by atoms with Gasteiger partial charge >= 0.3 is 12.1 Å². The van der Waals surface area contributed by atoms with E-state index in [2.05, 4.69) is 17.4 Å². The van der Waals surface area contributed by atoms with Crippen molar-refractivity contribution in [2.75, 3.05) is 33.8 Å². The van der Waals surface area contributed by atoms with Gasteiger partial charge in [0.1, 0.15) is 12.6 Å². The number of fused-ring (bicyclic) bond motifs is 3. The van der Waals surface area contributed by atoms with Crippen molar-refractivity contribution in [2.45, 2.75) is 44.7 Å². The average Bonchev–Trinajstić information content (AvgIpc) is 3.13. The lowest BCUT2D eigenvalue weighted by molar-refractivity contribution is -0.138. The zero-order chi connectivity index (χ0) is 25.5. The Labute approximate surface area is 206 Å². The Kier molecular flexibility index (Phi) is 8.87. The number of amides is 2. The number of likely N-dealkylation sites (N-methyl/N-ethyl adjacent to an activating group) is 1. The molecule has 3 rings (SSSR count). The summed E-state index contributed by atoms with van der Waals surface area (Å²) in [7, 11) is 3.83. The summed E-state index contributed by atoms with van der Waals surface area (Å²) in [5.41, 5.74) is 4.43. The molecule has 2 aromatic rings. The summed E-state index contributed by atoms with van der Waals surface area (Å²) in [4.78, 5) is 40.9. The fourth-order valence-corrected chi connectivity index (χ4v) is 4.44. The minimum Gasteiger partial charge on any atom is -0.481 e. The van der Waals surface area contributed by atoms with Crippen molar-refractivity contribution in [3.05, 3.63) is 59.7 Å². The molecular formula is C27H35N3O5. The molecule has 0 aromatic heterocycles. The maximum Gasteiger partial charge on any atom is 0.407 e. The van der Waals surface area contributed by atoms with E-state index in [-0.39, 0.29) is 37.3 Å². The number of rotatable bonds is 11. The Morgan fingerprint density at radius 3 is 2.06 bits per heavy atom. The van der Waals surface area contributed by atoms with Crippen molar-refractivity contribution in [3.8, 4) is 11.1 Å². The Morgan fingerprint density at radius 2 is 1.54 bits per heavy atom. The monoisotopic (exact) mass is 481 g/mol. The number of hydrogen-bond acceptors (Lipinski definition) is 5. The van der Waals surface area contributed by atoms with E-state index in [1.54, 1.807) is 4.90 Å². The summed E-state index contributed by atoms with van der Waals surface area (Å²) >= 11 is 0. The quantitative estimate of drug-likeness (QED) is 0.509. The molecule has 8 heteroatoms. The van der Waals surface area contributed by atoms with Crippen LogP contribution in [-0.2, 0) is 14.3 Å². The van der Waals surface area contributed by atoms with Gasteiger partial charge in [0, 0.05) is 31.5 Å². The van der Waals surface area contributed by atoms with Crippen LogP contribution >= 0.6 is 0 Å². The van der Waals surface area contributed by atoms with Crippen LogP contribution in [0, 0.1) is 0 Å². The Bertz CT molecular complexity index is 1010. The van der Waals surface area contributed by atoms with Crippen LogP contribution in [0.15, 0.2) is 48.5 Å². The van der Waals surface area contributed by atoms with Crippen LogP contribution in [0.1, 0.15) is 43.7 Å². The molecule has 2 aromatic carbocycles. The van der Waals surface area contributed by atoms with E-state index in [4.69, 9.17) is 9.84 Å². The third-order valence-electron chi connectivity index (χ3n) is 6.28. The Morgan fingerprint density at radius 1 is 0.971 bits per heavy atom. The number of ether oxygens (including phenoxy) is 1. The van der Waals surface area contributed by atoms with Crippen molar-refractivity contribution in [2.24, 2.45) is 0 Å². The van der Waals surface area contributed by atoms with Gasteiger partial charge in [-0.3, -0.25) is 9.59 Å². The topological polar surface area (TPSA) is 99.2 Å². The lowest BCUT2D eigenvalue weighted by Crippen LogP contribution is -2.52. The summed E-state index contributed by atoms with van der Waals surface area (Å²) in [5.74, 6) is -1.44. The van der Waals surface area contributed by atoms with Gasteiger partial charge < -0.3 is 25.0 Å². The number of hydrogen-bond donors (Lipinski definition) is 2. The fourth-order valence-electron chi connectivity index (χ4n) is 4.44. The van der Waals surface area contributed by atoms with Crippen LogP contribution in [0.2, 0.25) is 0 Å². The van der Waals surface area contributed by atoms with Crippen LogP contribution in [0.3, 0.4) is 0 Å². The fraction of sp³-hybridized carbons (Fsp3) is 0.444. The van der Waals surface area contributed by atoms with E-state index in [0.717, 1.165) is 22.3 Å². The van der Waals surface area contributed by atoms with Gasteiger partial charge in [0.15, 0.2) is 0 Å². The smallest absolute Gasteiger partial charge is 0.407 e. The maximum atomic E-state index is 13.3. The number of nitrogens with one attached hydrogen (secondary N) is 1. The van der Waals surface area contributed by atoms with Crippen LogP contribution in [0.4, 0.5) is 4.79 Å². The number of carboxylic acid groups (broad SMARTS) is 1. The highest BCUT2D eigenvalue weighted by molar-refractivity contribution is 5.86. The summed E-state index contributed by atoms with van der Waals surface area (Å²) in [5, 5.41) is 11.8. The molecule has 0 heterocycles. The van der Waals surface area contributed by atoms with Gasteiger partial charge in [0.05, 0.1) is 0 Å². The first-order chi connectivity index (χ1) is 16.7. The first kappa shape index (κ1) is 26.2. The molecule has 0 spiro atoms. The second kappa shape index (κ2) is 11.8. The largest absolute Gasteiger partial charge is 0.481 e. The third kappa shape index (κ3) is 6.60. The first-order valence-electron chi connectivity index (χ1n) is 12.0. The first-order valence-corrected chi connectivity index (χ1v) is 12.0. The standard InChI is InChI=1S/C27H35N3O5/c1-18(2)30(16-15-29(3)4)26(33)24(13-14-25(31)32)28-27(34)35-17-23-21-11-7-5-9-19(21)20-10-6-8-12-22(20)23/h5-12,18,23-24H,13-17H2,1-4H3,(H,28,34)(H,31,32). The third-order valence-corrected chi connectivity index (χ3v) is 6.28. The van der Waals surface area contributed by atoms with E-state index >= 15 is 0 Å². The Hall–Kier alpha value is -3.39. The molecule has 0 radical (unpaired) electrons. The van der Waals surface area contributed by atoms with Crippen LogP contribution in [-0.4, -0.2) is 78.8 Å². The van der Waals surface area contributed by atoms with Gasteiger partial charge in [0.25, 0.3) is 0 Å². The molecule has 0 saturated heterocycles. The molecule has 0 bridgehead atoms. The van der Waals surface area contributed by atoms with Crippen LogP contribution in [0.25, 0.3) is 11.1 Å². The number of benzene rings is 2. The molecule has 35 heavy (non-hydrogen) atoms. The van der Waals surface area contributed by atoms with Crippen LogP contribution in [0.5, 0.6) is 0 Å². The van der Waals surface area contributed by atoms with Gasteiger partial charge in [-0.05, 0) is 56.6 Å². The number of alkyl carbamates (subject to hydrolysis) is 1. The predicted octanol–water partition coefficient (Wildman–Crippen LogP) is 3.56. The molecule has 8 nitrogen and oxygen atoms in total. The highest BCUT2D eigenvalue weighted by Gasteiger charge is 2.31. The zero-order valence-electron chi connectivity index (χ0n) is 20.9. The van der Waals surface area contributed by atoms with Gasteiger partial charge in [0.2, 0.25) is 5.91 Å². The van der Waals surface area contributed by atoms with E-state index in [1.807, 2.05) is 69.2 Å². The summed E-state index contributed by atoms with van der Waals surface area (Å²) in [6.45, 7) is 5.04. The molecule has 2 amide bonds. The minimum atomic E-state index is -1.03. The minimum absolute atomic E-state index is 0.0104. The molecular weight excluding hydrogens is 446 g/mol. The number of nitrogens with zero attached hydrogens (tertiary/aromatic N) is 2. The summed E-state index contributed by atoms with van der Waals surface area (Å²) in [6.07, 6.45) is -0.977. The predicted molar refractivity (Wildman–Crippen MR) is 134 cm³/mol. The average molecular weight is 482 g/mol. The van der Waals surface area contributed by atoms with Crippen molar-refractivity contribution in [1.82, 2.24) is 15.1 Å². The number of carboxylic acids is 1. The van der Waals surface area contributed by atoms with Gasteiger partial charge in [-0.25, -0.2) is 4.79 Å². The normalized spacial score (nSPS) is 13.3. The number of carbonyl (C=O) groups is 3. The molecule has 2 N–H and O–H groups in total. The second-order valence-electron chi connectivity index (χ2n) is 9.38. The number of carbonyl (C=O) groups excluding carboxylic acids is 2. The van der Waals surface area contributed by atoms with Crippen molar-refractivity contribution in [1.29, 1.82) is 0 Å². The lowest BCUT2D eigenvalue weighted by Gasteiger charge is -2.31. The zero-order valence-corrected chi connectivity index (χ0v) is 20.9. The van der Waals surface area contributed by atoms with Crippen molar-refractivity contribution < 1.29 is 24.2 Å². The van der Waals surface area contributed by atoms with Gasteiger partial charge in [-0.1, -0.05) is 48.5 Å². The highest BCUT2D eigenvalue weighted by atomic mass is 16.5. The number of aliphatic carboxylic acids is 1. The van der Waals surface area contributed by atoms with Crippen molar-refractivity contribution >= 4 is 18.0 Å². The molecule has 1 aliphatic carbocycles. The molecule has 1 aliphatic rings. The van der Waals surface area contributed by atoms with Gasteiger partial charge in [-0.15, -0.1) is 0 Å². The maximum absolute atomic E-state index is 13.3. The SMILES string of the molecule is CC(C)N(CCN(C)C)C(=O)C(CCC(=O)O)NC(=O)OCC1c2ccccc2-c2ccccc21. The summed E-state index contributed by atoms with van der Waals surface area (Å²) < 4.78 is 5.59. The molecule has 1 unspecified atom stereocenters. The molecule has 188 valence electrons. The van der Waals surface area contributed by atoms with E-state index in [0.29, 0.717) is 13.1 Å². The second-order valence-corrected chi connectivity index (χ2v) is 9.38. The molecule has 0 aliphatic heterocycles. The van der Waals surface area contributed by atoms with Crippen molar-refractivity contribution in [3.63, 3.8) is 0 Å². The lowest BCUT2D eigenvalue weighted by atomic mass is 9.98. The van der Waals surface area contributed by atoms with Gasteiger partial charge in [-0.2, -0.15) is 0 Å². The van der Waals surface area contributed by atoms with E-state index in [9.17, 15) is 14.4 Å². The van der Waals surface area contributed by atoms with E-state index < -0.39 is 18.1 Å². The van der Waals surface area contributed by atoms with E-state index in [1.165, 1.54) is 0 Å². The molecule has 0 fully saturated rings. The summed E-state index contributed by atoms with van der Waals surface area (Å²) in [6, 6.07) is 15.0.